The molecule has 8 heteroatoms. The highest BCUT2D eigenvalue weighted by molar-refractivity contribution is 7.99. The third-order valence-corrected chi connectivity index (χ3v) is 7.32. The molecule has 182 valence electrons. The molecule has 1 aliphatic rings. The van der Waals surface area contributed by atoms with E-state index in [1.807, 2.05) is 38.1 Å². The number of rotatable bonds is 11. The van der Waals surface area contributed by atoms with Gasteiger partial charge in [0.15, 0.2) is 0 Å². The predicted molar refractivity (Wildman–Crippen MR) is 135 cm³/mol. The summed E-state index contributed by atoms with van der Waals surface area (Å²) < 4.78 is 0. The third kappa shape index (κ3) is 7.06. The second kappa shape index (κ2) is 12.6. The van der Waals surface area contributed by atoms with Crippen LogP contribution in [0.4, 0.5) is 5.69 Å². The van der Waals surface area contributed by atoms with Gasteiger partial charge in [0.25, 0.3) is 5.69 Å². The van der Waals surface area contributed by atoms with Crippen LogP contribution in [0.5, 0.6) is 0 Å². The van der Waals surface area contributed by atoms with E-state index in [0.29, 0.717) is 18.7 Å². The summed E-state index contributed by atoms with van der Waals surface area (Å²) >= 11 is 1.45. The number of nitrogens with one attached hydrogen (secondary N) is 1. The van der Waals surface area contributed by atoms with Crippen LogP contribution >= 0.6 is 11.8 Å². The Balaban J connectivity index is 1.69. The average Bonchev–Trinajstić information content (AvgIpc) is 3.33. The van der Waals surface area contributed by atoms with Gasteiger partial charge >= 0.3 is 0 Å². The van der Waals surface area contributed by atoms with Gasteiger partial charge in [-0.1, -0.05) is 56.2 Å². The van der Waals surface area contributed by atoms with Crippen molar-refractivity contribution in [2.45, 2.75) is 70.3 Å². The van der Waals surface area contributed by atoms with Crippen LogP contribution in [0.2, 0.25) is 0 Å². The molecular weight excluding hydrogens is 450 g/mol. The fourth-order valence-corrected chi connectivity index (χ4v) is 5.18. The van der Waals surface area contributed by atoms with Gasteiger partial charge in [0.1, 0.15) is 6.04 Å². The smallest absolute Gasteiger partial charge is 0.269 e. The molecule has 1 saturated carbocycles. The molecular formula is C26H33N3O4S. The molecule has 0 aromatic heterocycles. The molecule has 1 unspecified atom stereocenters. The highest BCUT2D eigenvalue weighted by Gasteiger charge is 2.30. The lowest BCUT2D eigenvalue weighted by atomic mass is 10.1. The minimum Gasteiger partial charge on any atom is -0.352 e. The number of nitrogens with zero attached hydrogens (tertiary/aromatic N) is 2. The number of hydrogen-bond donors (Lipinski definition) is 1. The minimum absolute atomic E-state index is 0.0493. The maximum atomic E-state index is 13.4. The molecule has 0 spiro atoms. The number of nitro benzene ring substituents is 1. The summed E-state index contributed by atoms with van der Waals surface area (Å²) in [7, 11) is 0. The lowest BCUT2D eigenvalue weighted by molar-refractivity contribution is -0.384. The van der Waals surface area contributed by atoms with Gasteiger partial charge in [-0.25, -0.2) is 0 Å². The molecule has 1 fully saturated rings. The molecule has 3 rings (SSSR count). The Kier molecular flexibility index (Phi) is 9.51. The first-order chi connectivity index (χ1) is 16.4. The van der Waals surface area contributed by atoms with Gasteiger partial charge in [-0.05, 0) is 42.9 Å². The van der Waals surface area contributed by atoms with Gasteiger partial charge in [0, 0.05) is 30.5 Å². The summed E-state index contributed by atoms with van der Waals surface area (Å²) in [6.45, 7) is 4.35. The number of hydrogen-bond acceptors (Lipinski definition) is 5. The molecule has 2 amide bonds. The van der Waals surface area contributed by atoms with Crippen molar-refractivity contribution in [2.75, 3.05) is 5.75 Å². The van der Waals surface area contributed by atoms with Crippen LogP contribution in [-0.2, 0) is 21.9 Å². The van der Waals surface area contributed by atoms with Crippen molar-refractivity contribution >= 4 is 29.3 Å². The van der Waals surface area contributed by atoms with Crippen molar-refractivity contribution in [1.82, 2.24) is 10.2 Å². The lowest BCUT2D eigenvalue weighted by Gasteiger charge is -2.32. The molecule has 0 radical (unpaired) electrons. The predicted octanol–water partition coefficient (Wildman–Crippen LogP) is 5.00. The largest absolute Gasteiger partial charge is 0.352 e. The Labute approximate surface area is 205 Å². The fraction of sp³-hybridized carbons (Fsp3) is 0.462. The minimum atomic E-state index is -0.521. The highest BCUT2D eigenvalue weighted by Crippen LogP contribution is 2.22. The monoisotopic (exact) mass is 483 g/mol. The SMILES string of the molecule is CCC(C(=O)NC1CCCC1)N(Cc1ccccc1C)C(=O)CSCc1ccc([N+](=O)[O-])cc1. The van der Waals surface area contributed by atoms with Gasteiger partial charge < -0.3 is 10.2 Å². The zero-order chi connectivity index (χ0) is 24.5. The molecule has 7 nitrogen and oxygen atoms in total. The Morgan fingerprint density at radius 3 is 2.44 bits per heavy atom. The molecule has 2 aromatic rings. The summed E-state index contributed by atoms with van der Waals surface area (Å²) in [6, 6.07) is 14.0. The topological polar surface area (TPSA) is 92.6 Å². The van der Waals surface area contributed by atoms with Crippen LogP contribution in [0, 0.1) is 17.0 Å². The molecule has 2 aromatic carbocycles. The number of carbonyl (C=O) groups excluding carboxylic acids is 2. The number of non-ortho nitro benzene ring substituents is 1. The van der Waals surface area contributed by atoms with E-state index in [1.54, 1.807) is 17.0 Å². The Hall–Kier alpha value is -2.87. The third-order valence-electron chi connectivity index (χ3n) is 6.33. The average molecular weight is 484 g/mol. The summed E-state index contributed by atoms with van der Waals surface area (Å²) in [6.07, 6.45) is 4.81. The quantitative estimate of drug-likeness (QED) is 0.359. The first-order valence-corrected chi connectivity index (χ1v) is 13.0. The van der Waals surface area contributed by atoms with E-state index in [1.165, 1.54) is 23.9 Å². The molecule has 1 atom stereocenters. The van der Waals surface area contributed by atoms with E-state index in [0.717, 1.165) is 42.4 Å². The van der Waals surface area contributed by atoms with Gasteiger partial charge in [-0.2, -0.15) is 0 Å². The summed E-state index contributed by atoms with van der Waals surface area (Å²) in [4.78, 5) is 38.7. The van der Waals surface area contributed by atoms with Crippen LogP contribution < -0.4 is 5.32 Å². The van der Waals surface area contributed by atoms with E-state index in [4.69, 9.17) is 0 Å². The lowest BCUT2D eigenvalue weighted by Crippen LogP contribution is -2.51. The van der Waals surface area contributed by atoms with Crippen LogP contribution in [0.1, 0.15) is 55.7 Å². The van der Waals surface area contributed by atoms with E-state index in [9.17, 15) is 19.7 Å². The van der Waals surface area contributed by atoms with Crippen molar-refractivity contribution < 1.29 is 14.5 Å². The van der Waals surface area contributed by atoms with Crippen LogP contribution in [0.15, 0.2) is 48.5 Å². The Morgan fingerprint density at radius 2 is 1.82 bits per heavy atom. The summed E-state index contributed by atoms with van der Waals surface area (Å²) in [5, 5.41) is 14.0. The van der Waals surface area contributed by atoms with Crippen LogP contribution in [-0.4, -0.2) is 39.5 Å². The summed E-state index contributed by atoms with van der Waals surface area (Å²) in [5.74, 6) is 0.642. The van der Waals surface area contributed by atoms with E-state index in [2.05, 4.69) is 5.32 Å². The second-order valence-corrected chi connectivity index (χ2v) is 9.76. The van der Waals surface area contributed by atoms with Crippen LogP contribution in [0.3, 0.4) is 0 Å². The van der Waals surface area contributed by atoms with Gasteiger partial charge in [0.2, 0.25) is 11.8 Å². The maximum Gasteiger partial charge on any atom is 0.269 e. The standard InChI is InChI=1S/C26H33N3O4S/c1-3-24(26(31)27-22-10-6-7-11-22)28(16-21-9-5-4-8-19(21)2)25(30)18-34-17-20-12-14-23(15-13-20)29(32)33/h4-5,8-9,12-15,22,24H,3,6-7,10-11,16-18H2,1-2H3,(H,27,31). The van der Waals surface area contributed by atoms with Crippen LogP contribution in [0.25, 0.3) is 0 Å². The first-order valence-electron chi connectivity index (χ1n) is 11.8. The molecule has 1 aliphatic carbocycles. The van der Waals surface area contributed by atoms with Crippen molar-refractivity contribution in [1.29, 1.82) is 0 Å². The van der Waals surface area contributed by atoms with Crippen molar-refractivity contribution in [3.63, 3.8) is 0 Å². The molecule has 0 heterocycles. The molecule has 0 saturated heterocycles. The van der Waals surface area contributed by atoms with E-state index < -0.39 is 11.0 Å². The number of benzene rings is 2. The van der Waals surface area contributed by atoms with Crippen molar-refractivity contribution in [3.05, 3.63) is 75.3 Å². The normalized spacial score (nSPS) is 14.5. The van der Waals surface area contributed by atoms with Gasteiger partial charge in [0.05, 0.1) is 10.7 Å². The molecule has 34 heavy (non-hydrogen) atoms. The Morgan fingerprint density at radius 1 is 1.15 bits per heavy atom. The zero-order valence-corrected chi connectivity index (χ0v) is 20.7. The second-order valence-electron chi connectivity index (χ2n) is 8.78. The van der Waals surface area contributed by atoms with Crippen molar-refractivity contribution in [2.24, 2.45) is 0 Å². The number of nitro groups is 1. The zero-order valence-electron chi connectivity index (χ0n) is 19.9. The molecule has 0 aliphatic heterocycles. The fourth-order valence-electron chi connectivity index (χ4n) is 4.31. The summed E-state index contributed by atoms with van der Waals surface area (Å²) in [5.41, 5.74) is 3.08. The van der Waals surface area contributed by atoms with Gasteiger partial charge in [-0.15, -0.1) is 11.8 Å². The number of carbonyl (C=O) groups is 2. The van der Waals surface area contributed by atoms with Gasteiger partial charge in [-0.3, -0.25) is 19.7 Å². The number of aryl methyl sites for hydroxylation is 1. The molecule has 0 bridgehead atoms. The number of thioether (sulfide) groups is 1. The van der Waals surface area contributed by atoms with E-state index in [-0.39, 0.29) is 29.3 Å². The molecule has 1 N–H and O–H groups in total. The van der Waals surface area contributed by atoms with Crippen molar-refractivity contribution in [3.8, 4) is 0 Å². The van der Waals surface area contributed by atoms with E-state index >= 15 is 0 Å². The number of amides is 2. The maximum absolute atomic E-state index is 13.4. The first kappa shape index (κ1) is 25.7. The Bertz CT molecular complexity index is 990. The highest BCUT2D eigenvalue weighted by atomic mass is 32.2.